The Labute approximate surface area is 216 Å². The summed E-state index contributed by atoms with van der Waals surface area (Å²) in [5.74, 6) is 0. The number of hydrogen-bond acceptors (Lipinski definition) is 2. The van der Waals surface area contributed by atoms with Crippen LogP contribution in [0.2, 0.25) is 0 Å². The predicted octanol–water partition coefficient (Wildman–Crippen LogP) is 10.6. The quantitative estimate of drug-likeness (QED) is 0.205. The molecule has 0 spiro atoms. The summed E-state index contributed by atoms with van der Waals surface area (Å²) in [6.45, 7) is 0. The maximum absolute atomic E-state index is 3.66. The number of nitrogens with zero attached hydrogens (tertiary/aromatic N) is 1. The summed E-state index contributed by atoms with van der Waals surface area (Å²) in [6.07, 6.45) is 0. The Bertz CT molecular complexity index is 1870. The van der Waals surface area contributed by atoms with Crippen molar-refractivity contribution in [1.29, 1.82) is 0 Å². The van der Waals surface area contributed by atoms with Crippen LogP contribution >= 0.6 is 27.3 Å². The smallest absolute Gasteiger partial charge is 0.0640 e. The largest absolute Gasteiger partial charge is 0.309 e. The monoisotopic (exact) mass is 529 g/mol. The molecule has 1 heterocycles. The number of fused-ring (bicyclic) bond motifs is 6. The highest BCUT2D eigenvalue weighted by molar-refractivity contribution is 9.10. The number of thiophene rings is 1. The van der Waals surface area contributed by atoms with E-state index < -0.39 is 0 Å². The lowest BCUT2D eigenvalue weighted by molar-refractivity contribution is 1.31. The van der Waals surface area contributed by atoms with Crippen LogP contribution in [0.4, 0.5) is 17.1 Å². The summed E-state index contributed by atoms with van der Waals surface area (Å²) in [4.78, 5) is 2.39. The molecule has 7 rings (SSSR count). The molecule has 0 aliphatic heterocycles. The zero-order valence-corrected chi connectivity index (χ0v) is 21.2. The van der Waals surface area contributed by atoms with Crippen molar-refractivity contribution in [2.45, 2.75) is 0 Å². The van der Waals surface area contributed by atoms with E-state index in [2.05, 4.69) is 142 Å². The van der Waals surface area contributed by atoms with E-state index in [-0.39, 0.29) is 0 Å². The Hall–Kier alpha value is -3.66. The van der Waals surface area contributed by atoms with Gasteiger partial charge in [0.1, 0.15) is 0 Å². The first-order valence-corrected chi connectivity index (χ1v) is 13.2. The van der Waals surface area contributed by atoms with E-state index >= 15 is 0 Å². The number of para-hydroxylation sites is 1. The van der Waals surface area contributed by atoms with Gasteiger partial charge in [0.25, 0.3) is 0 Å². The first-order chi connectivity index (χ1) is 17.3. The average Bonchev–Trinajstić information content (AvgIpc) is 3.28. The molecule has 35 heavy (non-hydrogen) atoms. The Morgan fingerprint density at radius 3 is 2.20 bits per heavy atom. The molecule has 0 atom stereocenters. The van der Waals surface area contributed by atoms with Crippen molar-refractivity contribution in [1.82, 2.24) is 0 Å². The zero-order chi connectivity index (χ0) is 23.4. The SMILES string of the molecule is Brc1ccc2sc3c(N(c4ccccc4)c4ccc5c(ccc6ccccc65)c4)cccc3c2c1. The molecule has 0 unspecified atom stereocenters. The van der Waals surface area contributed by atoms with E-state index in [1.807, 2.05) is 11.3 Å². The van der Waals surface area contributed by atoms with E-state index in [1.165, 1.54) is 47.4 Å². The van der Waals surface area contributed by atoms with Crippen LogP contribution in [0.3, 0.4) is 0 Å². The van der Waals surface area contributed by atoms with Crippen molar-refractivity contribution in [3.63, 3.8) is 0 Å². The van der Waals surface area contributed by atoms with Gasteiger partial charge in [-0.25, -0.2) is 0 Å². The second-order valence-electron chi connectivity index (χ2n) is 8.76. The lowest BCUT2D eigenvalue weighted by atomic mass is 10.0. The third-order valence-corrected chi connectivity index (χ3v) is 8.38. The van der Waals surface area contributed by atoms with Crippen LogP contribution in [0.25, 0.3) is 41.7 Å². The molecule has 7 aromatic rings. The standard InChI is InChI=1S/C32H20BrNS/c33-23-15-18-31-29(20-23)28-11-6-12-30(32(28)35-31)34(24-8-2-1-3-9-24)25-16-17-27-22(19-25)14-13-21-7-4-5-10-26(21)27/h1-20H. The van der Waals surface area contributed by atoms with Gasteiger partial charge in [0.2, 0.25) is 0 Å². The molecule has 0 amide bonds. The highest BCUT2D eigenvalue weighted by atomic mass is 79.9. The minimum Gasteiger partial charge on any atom is -0.309 e. The molecular formula is C32H20BrNS. The molecule has 0 N–H and O–H groups in total. The van der Waals surface area contributed by atoms with Crippen LogP contribution in [0, 0.1) is 0 Å². The van der Waals surface area contributed by atoms with Gasteiger partial charge < -0.3 is 4.90 Å². The molecule has 166 valence electrons. The third-order valence-electron chi connectivity index (χ3n) is 6.68. The van der Waals surface area contributed by atoms with Crippen LogP contribution in [-0.4, -0.2) is 0 Å². The van der Waals surface area contributed by atoms with Gasteiger partial charge in [0, 0.05) is 31.3 Å². The molecule has 0 fully saturated rings. The number of halogens is 1. The molecule has 6 aromatic carbocycles. The van der Waals surface area contributed by atoms with Gasteiger partial charge in [-0.1, -0.05) is 88.7 Å². The summed E-state index contributed by atoms with van der Waals surface area (Å²) in [5.41, 5.74) is 3.51. The molecular weight excluding hydrogens is 510 g/mol. The maximum atomic E-state index is 3.66. The molecule has 0 aliphatic rings. The molecule has 0 radical (unpaired) electrons. The maximum Gasteiger partial charge on any atom is 0.0640 e. The number of anilines is 3. The van der Waals surface area contributed by atoms with Gasteiger partial charge in [-0.3, -0.25) is 0 Å². The normalized spacial score (nSPS) is 11.6. The molecule has 0 bridgehead atoms. The number of rotatable bonds is 3. The van der Waals surface area contributed by atoms with E-state index in [4.69, 9.17) is 0 Å². The summed E-state index contributed by atoms with van der Waals surface area (Å²) in [5, 5.41) is 7.67. The molecule has 3 heteroatoms. The highest BCUT2D eigenvalue weighted by Gasteiger charge is 2.18. The fourth-order valence-corrected chi connectivity index (χ4v) is 6.62. The van der Waals surface area contributed by atoms with Crippen molar-refractivity contribution in [3.8, 4) is 0 Å². The fraction of sp³-hybridized carbons (Fsp3) is 0. The summed E-state index contributed by atoms with van der Waals surface area (Å²) < 4.78 is 3.70. The minimum atomic E-state index is 1.11. The van der Waals surface area contributed by atoms with Gasteiger partial charge in [-0.15, -0.1) is 11.3 Å². The Balaban J connectivity index is 1.50. The summed E-state index contributed by atoms with van der Waals surface area (Å²) in [6, 6.07) is 43.8. The van der Waals surface area contributed by atoms with E-state index in [0.29, 0.717) is 0 Å². The van der Waals surface area contributed by atoms with Gasteiger partial charge in [-0.05, 0) is 70.1 Å². The van der Waals surface area contributed by atoms with Crippen molar-refractivity contribution < 1.29 is 0 Å². The van der Waals surface area contributed by atoms with Crippen molar-refractivity contribution in [2.24, 2.45) is 0 Å². The number of hydrogen-bond donors (Lipinski definition) is 0. The van der Waals surface area contributed by atoms with Crippen LogP contribution in [0.15, 0.2) is 126 Å². The molecule has 0 saturated heterocycles. The van der Waals surface area contributed by atoms with Gasteiger partial charge in [0.05, 0.1) is 10.4 Å². The fourth-order valence-electron chi connectivity index (χ4n) is 5.08. The number of benzene rings is 6. The van der Waals surface area contributed by atoms with Crippen LogP contribution < -0.4 is 4.90 Å². The van der Waals surface area contributed by atoms with E-state index in [1.54, 1.807) is 0 Å². The lowest BCUT2D eigenvalue weighted by Gasteiger charge is -2.26. The third kappa shape index (κ3) is 3.43. The first kappa shape index (κ1) is 20.7. The Kier molecular flexibility index (Phi) is 4.86. The van der Waals surface area contributed by atoms with E-state index in [9.17, 15) is 0 Å². The second kappa shape index (κ2) is 8.23. The van der Waals surface area contributed by atoms with Gasteiger partial charge in [-0.2, -0.15) is 0 Å². The Morgan fingerprint density at radius 1 is 0.514 bits per heavy atom. The second-order valence-corrected chi connectivity index (χ2v) is 10.7. The van der Waals surface area contributed by atoms with Crippen molar-refractivity contribution in [2.75, 3.05) is 4.90 Å². The van der Waals surface area contributed by atoms with Crippen LogP contribution in [0.5, 0.6) is 0 Å². The Morgan fingerprint density at radius 2 is 1.29 bits per heavy atom. The lowest BCUT2D eigenvalue weighted by Crippen LogP contribution is -2.09. The summed E-state index contributed by atoms with van der Waals surface area (Å²) in [7, 11) is 0. The zero-order valence-electron chi connectivity index (χ0n) is 18.8. The van der Waals surface area contributed by atoms with Crippen LogP contribution in [0.1, 0.15) is 0 Å². The topological polar surface area (TPSA) is 3.24 Å². The minimum absolute atomic E-state index is 1.11. The average molecular weight is 530 g/mol. The van der Waals surface area contributed by atoms with E-state index in [0.717, 1.165) is 15.8 Å². The molecule has 0 saturated carbocycles. The first-order valence-electron chi connectivity index (χ1n) is 11.6. The van der Waals surface area contributed by atoms with Gasteiger partial charge in [0.15, 0.2) is 0 Å². The highest BCUT2D eigenvalue weighted by Crippen LogP contribution is 2.45. The molecule has 1 nitrogen and oxygen atoms in total. The molecule has 0 aliphatic carbocycles. The molecule has 1 aromatic heterocycles. The summed E-state index contributed by atoms with van der Waals surface area (Å²) >= 11 is 5.52. The van der Waals surface area contributed by atoms with Crippen molar-refractivity contribution in [3.05, 3.63) is 126 Å². The predicted molar refractivity (Wildman–Crippen MR) is 157 cm³/mol. The van der Waals surface area contributed by atoms with Gasteiger partial charge >= 0.3 is 0 Å². The van der Waals surface area contributed by atoms with Crippen molar-refractivity contribution >= 4 is 86.0 Å². The van der Waals surface area contributed by atoms with Crippen LogP contribution in [-0.2, 0) is 0 Å².